The van der Waals surface area contributed by atoms with Gasteiger partial charge in [0, 0.05) is 39.5 Å². The van der Waals surface area contributed by atoms with Gasteiger partial charge in [-0.1, -0.05) is 84.9 Å². The molecule has 0 saturated carbocycles. The second-order valence-electron chi connectivity index (χ2n) is 10.9. The van der Waals surface area contributed by atoms with Crippen LogP contribution in [0.15, 0.2) is 152 Å². The largest absolute Gasteiger partial charge is 0.307 e. The summed E-state index contributed by atoms with van der Waals surface area (Å²) in [6.07, 6.45) is 3.68. The molecule has 0 saturated heterocycles. The van der Waals surface area contributed by atoms with E-state index in [-0.39, 0.29) is 0 Å². The zero-order valence-corrected chi connectivity index (χ0v) is 23.7. The van der Waals surface area contributed by atoms with E-state index in [2.05, 4.69) is 118 Å². The van der Waals surface area contributed by atoms with Crippen molar-refractivity contribution < 1.29 is 0 Å². The molecule has 0 aliphatic heterocycles. The summed E-state index contributed by atoms with van der Waals surface area (Å²) in [6.45, 7) is 0. The van der Waals surface area contributed by atoms with Crippen LogP contribution in [0.5, 0.6) is 0 Å². The van der Waals surface area contributed by atoms with E-state index in [9.17, 15) is 0 Å². The highest BCUT2D eigenvalue weighted by molar-refractivity contribution is 6.11. The highest BCUT2D eigenvalue weighted by Gasteiger charge is 2.24. The summed E-state index contributed by atoms with van der Waals surface area (Å²) in [5.41, 5.74) is 8.76. The normalized spacial score (nSPS) is 11.6. The minimum Gasteiger partial charge on any atom is -0.307 e. The van der Waals surface area contributed by atoms with Crippen molar-refractivity contribution in [3.8, 4) is 34.2 Å². The zero-order chi connectivity index (χ0) is 29.0. The van der Waals surface area contributed by atoms with Gasteiger partial charge in [0.1, 0.15) is 11.5 Å². The maximum absolute atomic E-state index is 5.57. The van der Waals surface area contributed by atoms with Crippen LogP contribution in [0.25, 0.3) is 77.8 Å². The van der Waals surface area contributed by atoms with Crippen LogP contribution in [0, 0.1) is 0 Å². The van der Waals surface area contributed by atoms with E-state index in [1.54, 1.807) is 0 Å². The molecule has 44 heavy (non-hydrogen) atoms. The Balaban J connectivity index is 1.48. The molecule has 4 aromatic carbocycles. The molecule has 206 valence electrons. The van der Waals surface area contributed by atoms with Crippen LogP contribution >= 0.6 is 0 Å². The van der Waals surface area contributed by atoms with Gasteiger partial charge < -0.3 is 4.57 Å². The van der Waals surface area contributed by atoms with Gasteiger partial charge in [-0.25, -0.2) is 4.98 Å². The first-order chi connectivity index (χ1) is 21.9. The number of para-hydroxylation sites is 4. The standard InChI is InChI=1S/C39H25N5/c1-5-19-33-26(13-1)27-14-2-6-20-34(27)43(33)37-25-30(31-17-9-11-23-40-31)39(42-38(37)32-18-10-12-24-41-32)44-35-21-7-3-15-28(35)29-16-4-8-22-36(29)44/h1-25H. The lowest BCUT2D eigenvalue weighted by Crippen LogP contribution is -2.07. The van der Waals surface area contributed by atoms with Crippen LogP contribution in [0.2, 0.25) is 0 Å². The van der Waals surface area contributed by atoms with Gasteiger partial charge in [0.05, 0.1) is 39.1 Å². The topological polar surface area (TPSA) is 48.5 Å². The molecule has 9 rings (SSSR count). The Hall–Kier alpha value is -6.07. The third-order valence-corrected chi connectivity index (χ3v) is 8.44. The molecule has 0 aliphatic rings. The summed E-state index contributed by atoms with van der Waals surface area (Å²) < 4.78 is 4.60. The summed E-state index contributed by atoms with van der Waals surface area (Å²) in [7, 11) is 0. The molecule has 0 unspecified atom stereocenters. The summed E-state index contributed by atoms with van der Waals surface area (Å²) >= 11 is 0. The summed E-state index contributed by atoms with van der Waals surface area (Å²) in [5, 5.41) is 4.76. The van der Waals surface area contributed by atoms with Crippen molar-refractivity contribution in [1.82, 2.24) is 24.1 Å². The van der Waals surface area contributed by atoms with Crippen molar-refractivity contribution in [2.45, 2.75) is 0 Å². The molecule has 0 atom stereocenters. The van der Waals surface area contributed by atoms with Gasteiger partial charge in [0.15, 0.2) is 0 Å². The smallest absolute Gasteiger partial charge is 0.148 e. The molecule has 0 fully saturated rings. The molecule has 0 N–H and O–H groups in total. The van der Waals surface area contributed by atoms with Gasteiger partial charge in [-0.15, -0.1) is 0 Å². The number of hydrogen-bond acceptors (Lipinski definition) is 3. The van der Waals surface area contributed by atoms with Gasteiger partial charge >= 0.3 is 0 Å². The van der Waals surface area contributed by atoms with E-state index < -0.39 is 0 Å². The quantitative estimate of drug-likeness (QED) is 0.214. The molecule has 0 aliphatic carbocycles. The van der Waals surface area contributed by atoms with Crippen molar-refractivity contribution >= 4 is 43.6 Å². The fourth-order valence-electron chi connectivity index (χ4n) is 6.57. The first kappa shape index (κ1) is 24.5. The maximum atomic E-state index is 5.57. The number of nitrogens with zero attached hydrogens (tertiary/aromatic N) is 5. The monoisotopic (exact) mass is 563 g/mol. The van der Waals surface area contributed by atoms with Crippen molar-refractivity contribution in [3.63, 3.8) is 0 Å². The number of rotatable bonds is 4. The number of benzene rings is 4. The minimum atomic E-state index is 0.800. The average molecular weight is 564 g/mol. The highest BCUT2D eigenvalue weighted by Crippen LogP contribution is 2.40. The predicted octanol–water partition coefficient (Wildman–Crippen LogP) is 9.40. The fraction of sp³-hybridized carbons (Fsp3) is 0. The van der Waals surface area contributed by atoms with E-state index in [1.165, 1.54) is 21.5 Å². The molecule has 9 aromatic rings. The van der Waals surface area contributed by atoms with Crippen LogP contribution < -0.4 is 0 Å². The first-order valence-corrected chi connectivity index (χ1v) is 14.7. The number of pyridine rings is 3. The van der Waals surface area contributed by atoms with Crippen LogP contribution in [-0.2, 0) is 0 Å². The van der Waals surface area contributed by atoms with Crippen molar-refractivity contribution in [2.75, 3.05) is 0 Å². The minimum absolute atomic E-state index is 0.800. The lowest BCUT2D eigenvalue weighted by atomic mass is 10.1. The van der Waals surface area contributed by atoms with Gasteiger partial charge in [-0.05, 0) is 54.6 Å². The molecule has 5 aromatic heterocycles. The maximum Gasteiger partial charge on any atom is 0.148 e. The Morgan fingerprint density at radius 2 is 0.841 bits per heavy atom. The van der Waals surface area contributed by atoms with Crippen LogP contribution in [0.4, 0.5) is 0 Å². The molecule has 5 nitrogen and oxygen atoms in total. The summed E-state index contributed by atoms with van der Waals surface area (Å²) in [4.78, 5) is 15.3. The third kappa shape index (κ3) is 3.63. The van der Waals surface area contributed by atoms with E-state index in [0.717, 1.165) is 56.2 Å². The van der Waals surface area contributed by atoms with Crippen LogP contribution in [0.1, 0.15) is 0 Å². The SMILES string of the molecule is c1ccc(-c2cc(-n3c4ccccc4c4ccccc43)c(-c3ccccn3)nc2-n2c3ccccc3c3ccccc32)nc1. The lowest BCUT2D eigenvalue weighted by Gasteiger charge is -2.19. The summed E-state index contributed by atoms with van der Waals surface area (Å²) in [5.74, 6) is 0.811. The molecule has 0 amide bonds. The third-order valence-electron chi connectivity index (χ3n) is 8.44. The fourth-order valence-corrected chi connectivity index (χ4v) is 6.57. The van der Waals surface area contributed by atoms with Crippen LogP contribution in [-0.4, -0.2) is 24.1 Å². The Kier molecular flexibility index (Phi) is 5.43. The Labute approximate surface area is 253 Å². The summed E-state index contributed by atoms with van der Waals surface area (Å²) in [6, 6.07) is 48.5. The molecular weight excluding hydrogens is 538 g/mol. The second kappa shape index (κ2) is 9.75. The number of aromatic nitrogens is 5. The number of hydrogen-bond donors (Lipinski definition) is 0. The second-order valence-corrected chi connectivity index (χ2v) is 10.9. The van der Waals surface area contributed by atoms with Crippen LogP contribution in [0.3, 0.4) is 0 Å². The molecule has 0 spiro atoms. The first-order valence-electron chi connectivity index (χ1n) is 14.7. The van der Waals surface area contributed by atoms with Gasteiger partial charge in [-0.3, -0.25) is 14.5 Å². The lowest BCUT2D eigenvalue weighted by molar-refractivity contribution is 1.05. The molecule has 0 radical (unpaired) electrons. The molecule has 5 heteroatoms. The molecular formula is C39H25N5. The van der Waals surface area contributed by atoms with E-state index in [4.69, 9.17) is 15.0 Å². The van der Waals surface area contributed by atoms with E-state index in [0.29, 0.717) is 0 Å². The zero-order valence-electron chi connectivity index (χ0n) is 23.7. The van der Waals surface area contributed by atoms with E-state index >= 15 is 0 Å². The molecule has 0 bridgehead atoms. The predicted molar refractivity (Wildman–Crippen MR) is 179 cm³/mol. The Bertz CT molecular complexity index is 2210. The Morgan fingerprint density at radius 1 is 0.409 bits per heavy atom. The van der Waals surface area contributed by atoms with Crippen molar-refractivity contribution in [1.29, 1.82) is 0 Å². The Morgan fingerprint density at radius 3 is 1.32 bits per heavy atom. The van der Waals surface area contributed by atoms with Gasteiger partial charge in [0.25, 0.3) is 0 Å². The highest BCUT2D eigenvalue weighted by atomic mass is 15.1. The van der Waals surface area contributed by atoms with Crippen molar-refractivity contribution in [3.05, 3.63) is 152 Å². The number of fused-ring (bicyclic) bond motifs is 6. The molecule has 5 heterocycles. The van der Waals surface area contributed by atoms with Gasteiger partial charge in [0.2, 0.25) is 0 Å². The van der Waals surface area contributed by atoms with Gasteiger partial charge in [-0.2, -0.15) is 0 Å². The van der Waals surface area contributed by atoms with E-state index in [1.807, 2.05) is 42.7 Å². The van der Waals surface area contributed by atoms with Crippen molar-refractivity contribution in [2.24, 2.45) is 0 Å². The average Bonchev–Trinajstić information content (AvgIpc) is 3.62.